The van der Waals surface area contributed by atoms with Crippen LogP contribution in [0.25, 0.3) is 5.57 Å². The molecule has 7 nitrogen and oxygen atoms in total. The number of imide groups is 2. The number of hydrogen-bond acceptors (Lipinski definition) is 4. The van der Waals surface area contributed by atoms with Crippen molar-refractivity contribution >= 4 is 35.0 Å². The number of urea groups is 1. The number of nitrogens with zero attached hydrogens (tertiary/aromatic N) is 3. The summed E-state index contributed by atoms with van der Waals surface area (Å²) in [7, 11) is 2.59. The van der Waals surface area contributed by atoms with Crippen molar-refractivity contribution in [3.63, 3.8) is 0 Å². The Bertz CT molecular complexity index is 1030. The van der Waals surface area contributed by atoms with Crippen molar-refractivity contribution in [3.05, 3.63) is 71.3 Å². The van der Waals surface area contributed by atoms with Crippen LogP contribution in [0, 0.1) is 0 Å². The Labute approximate surface area is 161 Å². The van der Waals surface area contributed by atoms with Gasteiger partial charge in [-0.3, -0.25) is 24.2 Å². The third kappa shape index (κ3) is 2.51. The minimum Gasteiger partial charge on any atom is -0.303 e. The van der Waals surface area contributed by atoms with Gasteiger partial charge in [0.05, 0.1) is 17.8 Å². The van der Waals surface area contributed by atoms with Gasteiger partial charge in [0.15, 0.2) is 0 Å². The second kappa shape index (κ2) is 6.45. The molecule has 2 aromatic carbocycles. The van der Waals surface area contributed by atoms with Crippen LogP contribution in [0.15, 0.2) is 60.2 Å². The summed E-state index contributed by atoms with van der Waals surface area (Å²) in [4.78, 5) is 54.0. The van der Waals surface area contributed by atoms with Crippen LogP contribution in [0.4, 0.5) is 10.5 Å². The number of benzene rings is 2. The van der Waals surface area contributed by atoms with Crippen LogP contribution in [0.3, 0.4) is 0 Å². The normalized spacial score (nSPS) is 17.0. The molecule has 0 spiro atoms. The molecule has 7 heteroatoms. The fourth-order valence-electron chi connectivity index (χ4n) is 3.48. The van der Waals surface area contributed by atoms with Crippen molar-refractivity contribution < 1.29 is 19.2 Å². The van der Waals surface area contributed by atoms with Crippen molar-refractivity contribution in [1.82, 2.24) is 9.80 Å². The maximum absolute atomic E-state index is 13.3. The Morgan fingerprint density at radius 2 is 1.25 bits per heavy atom. The van der Waals surface area contributed by atoms with E-state index in [9.17, 15) is 19.2 Å². The number of amides is 5. The first kappa shape index (κ1) is 17.7. The largest absolute Gasteiger partial charge is 0.333 e. The smallest absolute Gasteiger partial charge is 0.303 e. The number of rotatable bonds is 2. The standard InChI is InChI=1S/C21H17N3O4/c1-22-18(25)17(19(26)23(2)21(22)28)16-14-10-6-7-11-15(14)24(20(16)27)12-13-8-4-3-5-9-13/h3-11H,12H2,1-2H3. The predicted molar refractivity (Wildman–Crippen MR) is 102 cm³/mol. The van der Waals surface area contributed by atoms with Crippen molar-refractivity contribution in [2.24, 2.45) is 0 Å². The van der Waals surface area contributed by atoms with Crippen LogP contribution in [0.5, 0.6) is 0 Å². The van der Waals surface area contributed by atoms with Gasteiger partial charge in [0.2, 0.25) is 0 Å². The summed E-state index contributed by atoms with van der Waals surface area (Å²) in [5, 5.41) is 0. The minimum absolute atomic E-state index is 0.0349. The highest BCUT2D eigenvalue weighted by molar-refractivity contribution is 6.44. The number of fused-ring (bicyclic) bond motifs is 1. The zero-order valence-corrected chi connectivity index (χ0v) is 15.4. The summed E-state index contributed by atoms with van der Waals surface area (Å²) in [6.45, 7) is 0.306. The molecular weight excluding hydrogens is 358 g/mol. The maximum Gasteiger partial charge on any atom is 0.333 e. The summed E-state index contributed by atoms with van der Waals surface area (Å²) >= 11 is 0. The average Bonchev–Trinajstić information content (AvgIpc) is 2.98. The molecule has 2 heterocycles. The Kier molecular flexibility index (Phi) is 4.07. The lowest BCUT2D eigenvalue weighted by Gasteiger charge is -2.29. The lowest BCUT2D eigenvalue weighted by atomic mass is 9.98. The van der Waals surface area contributed by atoms with Gasteiger partial charge in [0.25, 0.3) is 17.7 Å². The molecule has 4 rings (SSSR count). The molecule has 0 aromatic heterocycles. The molecular formula is C21H17N3O4. The summed E-state index contributed by atoms with van der Waals surface area (Å²) in [6.07, 6.45) is 0. The van der Waals surface area contributed by atoms with E-state index in [-0.39, 0.29) is 11.1 Å². The molecule has 0 atom stereocenters. The molecule has 140 valence electrons. The van der Waals surface area contributed by atoms with Gasteiger partial charge in [-0.2, -0.15) is 0 Å². The van der Waals surface area contributed by atoms with E-state index in [0.29, 0.717) is 17.8 Å². The first-order valence-corrected chi connectivity index (χ1v) is 8.71. The molecule has 2 aliphatic heterocycles. The molecule has 5 amide bonds. The second-order valence-electron chi connectivity index (χ2n) is 6.65. The van der Waals surface area contributed by atoms with E-state index in [1.165, 1.54) is 14.1 Å². The topological polar surface area (TPSA) is 78.0 Å². The molecule has 1 saturated heterocycles. The highest BCUT2D eigenvalue weighted by Crippen LogP contribution is 2.40. The van der Waals surface area contributed by atoms with Crippen molar-refractivity contribution in [3.8, 4) is 0 Å². The second-order valence-corrected chi connectivity index (χ2v) is 6.65. The lowest BCUT2D eigenvalue weighted by molar-refractivity contribution is -0.134. The van der Waals surface area contributed by atoms with Gasteiger partial charge in [-0.05, 0) is 11.6 Å². The van der Waals surface area contributed by atoms with Crippen LogP contribution in [0.2, 0.25) is 0 Å². The Hall–Kier alpha value is -3.74. The van der Waals surface area contributed by atoms with Gasteiger partial charge in [0.1, 0.15) is 5.57 Å². The highest BCUT2D eigenvalue weighted by Gasteiger charge is 2.45. The van der Waals surface area contributed by atoms with Crippen LogP contribution < -0.4 is 4.90 Å². The number of carbonyl (C=O) groups is 4. The Morgan fingerprint density at radius 1 is 0.679 bits per heavy atom. The van der Waals surface area contributed by atoms with Crippen molar-refractivity contribution in [2.75, 3.05) is 19.0 Å². The molecule has 28 heavy (non-hydrogen) atoms. The Balaban J connectivity index is 1.87. The molecule has 0 radical (unpaired) electrons. The third-order valence-electron chi connectivity index (χ3n) is 4.97. The SMILES string of the molecule is CN1C(=O)C(=C2C(=O)N(Cc3ccccc3)c3ccccc32)C(=O)N(C)C1=O. The summed E-state index contributed by atoms with van der Waals surface area (Å²) < 4.78 is 0. The summed E-state index contributed by atoms with van der Waals surface area (Å²) in [6, 6.07) is 15.8. The van der Waals surface area contributed by atoms with E-state index in [1.807, 2.05) is 30.3 Å². The summed E-state index contributed by atoms with van der Waals surface area (Å²) in [5.41, 5.74) is 1.81. The molecule has 1 fully saturated rings. The van der Waals surface area contributed by atoms with E-state index in [1.54, 1.807) is 29.2 Å². The minimum atomic E-state index is -0.771. The first-order chi connectivity index (χ1) is 13.4. The fourth-order valence-corrected chi connectivity index (χ4v) is 3.48. The van der Waals surface area contributed by atoms with Crippen molar-refractivity contribution in [1.29, 1.82) is 0 Å². The molecule has 2 aliphatic rings. The number of para-hydroxylation sites is 1. The van der Waals surface area contributed by atoms with E-state index in [4.69, 9.17) is 0 Å². The van der Waals surface area contributed by atoms with E-state index < -0.39 is 23.8 Å². The van der Waals surface area contributed by atoms with E-state index in [0.717, 1.165) is 15.4 Å². The molecule has 0 saturated carbocycles. The maximum atomic E-state index is 13.3. The molecule has 0 unspecified atom stereocenters. The molecule has 0 N–H and O–H groups in total. The lowest BCUT2D eigenvalue weighted by Crippen LogP contribution is -2.53. The molecule has 0 aliphatic carbocycles. The van der Waals surface area contributed by atoms with E-state index in [2.05, 4.69) is 0 Å². The van der Waals surface area contributed by atoms with Crippen LogP contribution in [0.1, 0.15) is 11.1 Å². The van der Waals surface area contributed by atoms with Gasteiger partial charge in [-0.15, -0.1) is 0 Å². The van der Waals surface area contributed by atoms with Crippen LogP contribution in [-0.2, 0) is 20.9 Å². The van der Waals surface area contributed by atoms with Gasteiger partial charge in [-0.1, -0.05) is 48.5 Å². The van der Waals surface area contributed by atoms with E-state index >= 15 is 0 Å². The zero-order chi connectivity index (χ0) is 20.0. The van der Waals surface area contributed by atoms with Crippen LogP contribution in [-0.4, -0.2) is 47.6 Å². The molecule has 2 aromatic rings. The number of carbonyl (C=O) groups excluding carboxylic acids is 4. The third-order valence-corrected chi connectivity index (χ3v) is 4.97. The molecule has 0 bridgehead atoms. The predicted octanol–water partition coefficient (Wildman–Crippen LogP) is 2.04. The van der Waals surface area contributed by atoms with Gasteiger partial charge in [-0.25, -0.2) is 4.79 Å². The number of barbiturate groups is 1. The van der Waals surface area contributed by atoms with Crippen LogP contribution >= 0.6 is 0 Å². The first-order valence-electron chi connectivity index (χ1n) is 8.71. The van der Waals surface area contributed by atoms with Gasteiger partial charge in [0, 0.05) is 19.7 Å². The van der Waals surface area contributed by atoms with Gasteiger partial charge < -0.3 is 4.90 Å². The number of likely N-dealkylation sites (N-methyl/N-ethyl adjacent to an activating group) is 2. The quantitative estimate of drug-likeness (QED) is 0.594. The monoisotopic (exact) mass is 375 g/mol. The number of anilines is 1. The zero-order valence-electron chi connectivity index (χ0n) is 15.4. The Morgan fingerprint density at radius 3 is 1.89 bits per heavy atom. The number of hydrogen-bond donors (Lipinski definition) is 0. The highest BCUT2D eigenvalue weighted by atomic mass is 16.2. The van der Waals surface area contributed by atoms with Gasteiger partial charge >= 0.3 is 6.03 Å². The van der Waals surface area contributed by atoms with Crippen molar-refractivity contribution in [2.45, 2.75) is 6.54 Å². The summed E-state index contributed by atoms with van der Waals surface area (Å²) in [5.74, 6) is -1.97. The fraction of sp³-hybridized carbons (Fsp3) is 0.143. The average molecular weight is 375 g/mol.